The van der Waals surface area contributed by atoms with E-state index < -0.39 is 0 Å². The zero-order valence-electron chi connectivity index (χ0n) is 8.73. The summed E-state index contributed by atoms with van der Waals surface area (Å²) < 4.78 is 5.08. The molecule has 0 aliphatic rings. The van der Waals surface area contributed by atoms with Crippen molar-refractivity contribution < 1.29 is 4.74 Å². The number of nitrogens with zero attached hydrogens (tertiary/aromatic N) is 1. The summed E-state index contributed by atoms with van der Waals surface area (Å²) in [7, 11) is 1.65. The van der Waals surface area contributed by atoms with Gasteiger partial charge in [-0.05, 0) is 36.4 Å². The van der Waals surface area contributed by atoms with Crippen LogP contribution in [-0.2, 0) is 0 Å². The molecule has 1 aromatic heterocycles. The zero-order chi connectivity index (χ0) is 11.4. The standard InChI is InChI=1S/C12H10N2OS/c1-15-10-3-5-11(6-4-10)16-12-7-2-9(8-13)14-12/h2-7,14H,1H3. The Morgan fingerprint density at radius 1 is 1.19 bits per heavy atom. The van der Waals surface area contributed by atoms with Crippen LogP contribution in [-0.4, -0.2) is 12.1 Å². The maximum Gasteiger partial charge on any atom is 0.118 e. The second kappa shape index (κ2) is 4.77. The molecule has 0 saturated heterocycles. The maximum atomic E-state index is 8.68. The Labute approximate surface area is 98.1 Å². The van der Waals surface area contributed by atoms with E-state index in [-0.39, 0.29) is 0 Å². The third kappa shape index (κ3) is 2.38. The molecule has 16 heavy (non-hydrogen) atoms. The van der Waals surface area contributed by atoms with E-state index in [1.165, 1.54) is 0 Å². The molecule has 0 bridgehead atoms. The van der Waals surface area contributed by atoms with E-state index >= 15 is 0 Å². The number of nitrogens with one attached hydrogen (secondary N) is 1. The van der Waals surface area contributed by atoms with Gasteiger partial charge in [-0.3, -0.25) is 0 Å². The smallest absolute Gasteiger partial charge is 0.118 e. The minimum Gasteiger partial charge on any atom is -0.497 e. The average molecular weight is 230 g/mol. The number of rotatable bonds is 3. The van der Waals surface area contributed by atoms with Crippen LogP contribution in [0.15, 0.2) is 46.3 Å². The Bertz CT molecular complexity index is 511. The minimum absolute atomic E-state index is 0.580. The van der Waals surface area contributed by atoms with Crippen molar-refractivity contribution >= 4 is 11.8 Å². The molecule has 80 valence electrons. The number of hydrogen-bond donors (Lipinski definition) is 1. The summed E-state index contributed by atoms with van der Waals surface area (Å²) in [5, 5.41) is 9.64. The first-order chi connectivity index (χ1) is 7.81. The van der Waals surface area contributed by atoms with E-state index in [0.29, 0.717) is 5.69 Å². The molecule has 1 heterocycles. The van der Waals surface area contributed by atoms with Gasteiger partial charge in [0.15, 0.2) is 0 Å². The number of methoxy groups -OCH3 is 1. The lowest BCUT2D eigenvalue weighted by molar-refractivity contribution is 0.414. The number of aromatic nitrogens is 1. The monoisotopic (exact) mass is 230 g/mol. The molecule has 0 aliphatic heterocycles. The second-order valence-electron chi connectivity index (χ2n) is 3.13. The van der Waals surface area contributed by atoms with E-state index in [2.05, 4.69) is 11.1 Å². The van der Waals surface area contributed by atoms with Gasteiger partial charge < -0.3 is 9.72 Å². The SMILES string of the molecule is COc1ccc(Sc2ccc(C#N)[nH]2)cc1. The van der Waals surface area contributed by atoms with Gasteiger partial charge >= 0.3 is 0 Å². The highest BCUT2D eigenvalue weighted by atomic mass is 32.2. The van der Waals surface area contributed by atoms with Crippen LogP contribution in [0.25, 0.3) is 0 Å². The zero-order valence-corrected chi connectivity index (χ0v) is 9.54. The Balaban J connectivity index is 2.11. The maximum absolute atomic E-state index is 8.68. The molecule has 0 fully saturated rings. The fourth-order valence-corrected chi connectivity index (χ4v) is 2.09. The second-order valence-corrected chi connectivity index (χ2v) is 4.24. The molecule has 0 unspecified atom stereocenters. The van der Waals surface area contributed by atoms with Crippen LogP contribution >= 0.6 is 11.8 Å². The lowest BCUT2D eigenvalue weighted by Gasteiger charge is -2.01. The summed E-state index contributed by atoms with van der Waals surface area (Å²) in [6.45, 7) is 0. The Morgan fingerprint density at radius 2 is 1.94 bits per heavy atom. The molecule has 0 saturated carbocycles. The molecule has 3 nitrogen and oxygen atoms in total. The number of benzene rings is 1. The van der Waals surface area contributed by atoms with Gasteiger partial charge in [0.25, 0.3) is 0 Å². The average Bonchev–Trinajstić information content (AvgIpc) is 2.78. The van der Waals surface area contributed by atoms with Crippen molar-refractivity contribution in [3.8, 4) is 11.8 Å². The van der Waals surface area contributed by atoms with Gasteiger partial charge in [0.2, 0.25) is 0 Å². The van der Waals surface area contributed by atoms with Gasteiger partial charge in [0.1, 0.15) is 17.5 Å². The van der Waals surface area contributed by atoms with E-state index in [0.717, 1.165) is 15.7 Å². The number of aromatic amines is 1. The molecular weight excluding hydrogens is 220 g/mol. The topological polar surface area (TPSA) is 48.8 Å². The lowest BCUT2D eigenvalue weighted by atomic mass is 10.3. The van der Waals surface area contributed by atoms with Crippen molar-refractivity contribution in [1.29, 1.82) is 5.26 Å². The highest BCUT2D eigenvalue weighted by Gasteiger charge is 2.00. The molecule has 1 aromatic carbocycles. The Hall–Kier alpha value is -1.86. The quantitative estimate of drug-likeness (QED) is 0.881. The molecule has 0 radical (unpaired) electrons. The molecule has 1 N–H and O–H groups in total. The van der Waals surface area contributed by atoms with E-state index in [1.54, 1.807) is 24.9 Å². The first-order valence-corrected chi connectivity index (χ1v) is 5.54. The molecule has 4 heteroatoms. The molecule has 0 spiro atoms. The Morgan fingerprint density at radius 3 is 2.50 bits per heavy atom. The summed E-state index contributed by atoms with van der Waals surface area (Å²) in [5.41, 5.74) is 0.580. The van der Waals surface area contributed by atoms with Crippen LogP contribution in [0.5, 0.6) is 5.75 Å². The van der Waals surface area contributed by atoms with Gasteiger partial charge in [-0.25, -0.2) is 0 Å². The summed E-state index contributed by atoms with van der Waals surface area (Å²) in [6, 6.07) is 13.5. The van der Waals surface area contributed by atoms with Crippen LogP contribution in [0.4, 0.5) is 0 Å². The first-order valence-electron chi connectivity index (χ1n) is 4.73. The molecule has 2 rings (SSSR count). The van der Waals surface area contributed by atoms with Crippen molar-refractivity contribution in [2.45, 2.75) is 9.92 Å². The third-order valence-electron chi connectivity index (χ3n) is 2.07. The number of H-pyrrole nitrogens is 1. The van der Waals surface area contributed by atoms with Gasteiger partial charge in [-0.15, -0.1) is 0 Å². The van der Waals surface area contributed by atoms with Gasteiger partial charge in [0, 0.05) is 4.90 Å². The number of hydrogen-bond acceptors (Lipinski definition) is 3. The van der Waals surface area contributed by atoms with Crippen LogP contribution in [0.3, 0.4) is 0 Å². The minimum atomic E-state index is 0.580. The largest absolute Gasteiger partial charge is 0.497 e. The summed E-state index contributed by atoms with van der Waals surface area (Å²) in [6.07, 6.45) is 0. The van der Waals surface area contributed by atoms with E-state index in [9.17, 15) is 0 Å². The molecule has 0 aliphatic carbocycles. The number of nitriles is 1. The fourth-order valence-electron chi connectivity index (χ4n) is 1.27. The normalized spacial score (nSPS) is 9.75. The molecule has 0 atom stereocenters. The van der Waals surface area contributed by atoms with E-state index in [1.807, 2.05) is 30.3 Å². The highest BCUT2D eigenvalue weighted by molar-refractivity contribution is 7.99. The van der Waals surface area contributed by atoms with Gasteiger partial charge in [0.05, 0.1) is 12.1 Å². The van der Waals surface area contributed by atoms with Crippen molar-refractivity contribution in [1.82, 2.24) is 4.98 Å². The fraction of sp³-hybridized carbons (Fsp3) is 0.0833. The van der Waals surface area contributed by atoms with Crippen LogP contribution < -0.4 is 4.74 Å². The molecular formula is C12H10N2OS. The van der Waals surface area contributed by atoms with Crippen molar-refractivity contribution in [3.05, 3.63) is 42.1 Å². The lowest BCUT2D eigenvalue weighted by Crippen LogP contribution is -1.81. The predicted octanol–water partition coefficient (Wildman–Crippen LogP) is 3.05. The van der Waals surface area contributed by atoms with Gasteiger partial charge in [-0.1, -0.05) is 11.8 Å². The van der Waals surface area contributed by atoms with Crippen LogP contribution in [0.1, 0.15) is 5.69 Å². The predicted molar refractivity (Wildman–Crippen MR) is 62.6 cm³/mol. The highest BCUT2D eigenvalue weighted by Crippen LogP contribution is 2.28. The Kier molecular flexibility index (Phi) is 3.18. The number of ether oxygens (including phenoxy) is 1. The van der Waals surface area contributed by atoms with Crippen LogP contribution in [0, 0.1) is 11.3 Å². The first kappa shape index (κ1) is 10.7. The summed E-state index contributed by atoms with van der Waals surface area (Å²) in [5.74, 6) is 0.841. The van der Waals surface area contributed by atoms with E-state index in [4.69, 9.17) is 10.00 Å². The summed E-state index contributed by atoms with van der Waals surface area (Å²) >= 11 is 1.58. The van der Waals surface area contributed by atoms with Gasteiger partial charge in [-0.2, -0.15) is 5.26 Å². The van der Waals surface area contributed by atoms with Crippen molar-refractivity contribution in [2.24, 2.45) is 0 Å². The summed E-state index contributed by atoms with van der Waals surface area (Å²) in [4.78, 5) is 4.11. The van der Waals surface area contributed by atoms with Crippen molar-refractivity contribution in [3.63, 3.8) is 0 Å². The molecule has 0 amide bonds. The van der Waals surface area contributed by atoms with Crippen LogP contribution in [0.2, 0.25) is 0 Å². The third-order valence-corrected chi connectivity index (χ3v) is 3.03. The van der Waals surface area contributed by atoms with Crippen molar-refractivity contribution in [2.75, 3.05) is 7.11 Å². The molecule has 2 aromatic rings.